The summed E-state index contributed by atoms with van der Waals surface area (Å²) >= 11 is 0. The second-order valence-electron chi connectivity index (χ2n) is 7.66. The van der Waals surface area contributed by atoms with Gasteiger partial charge in [-0.25, -0.2) is 0 Å². The van der Waals surface area contributed by atoms with Crippen LogP contribution in [0.5, 0.6) is 0 Å². The summed E-state index contributed by atoms with van der Waals surface area (Å²) in [4.78, 5) is 5.23. The molecular formula is C20H30N2. The van der Waals surface area contributed by atoms with E-state index in [9.17, 15) is 0 Å². The Kier molecular flexibility index (Phi) is 4.36. The lowest BCUT2D eigenvalue weighted by Crippen LogP contribution is -2.29. The highest BCUT2D eigenvalue weighted by atomic mass is 15.0. The Labute approximate surface area is 134 Å². The quantitative estimate of drug-likeness (QED) is 0.752. The molecule has 2 nitrogen and oxygen atoms in total. The fourth-order valence-corrected chi connectivity index (χ4v) is 4.72. The minimum Gasteiger partial charge on any atom is -0.330 e. The highest BCUT2D eigenvalue weighted by molar-refractivity contribution is 5.28. The second kappa shape index (κ2) is 6.60. The van der Waals surface area contributed by atoms with Crippen LogP contribution in [0.15, 0.2) is 17.3 Å². The first-order chi connectivity index (χ1) is 10.9. The van der Waals surface area contributed by atoms with Crippen LogP contribution in [0.4, 0.5) is 0 Å². The van der Waals surface area contributed by atoms with Gasteiger partial charge in [-0.2, -0.15) is 0 Å². The largest absolute Gasteiger partial charge is 0.330 e. The number of aromatic nitrogens is 1. The summed E-state index contributed by atoms with van der Waals surface area (Å²) in [7, 11) is 0. The van der Waals surface area contributed by atoms with Gasteiger partial charge in [0.05, 0.1) is 6.04 Å². The molecule has 0 aliphatic heterocycles. The van der Waals surface area contributed by atoms with E-state index in [-0.39, 0.29) is 0 Å². The maximum atomic E-state index is 5.23. The number of hydrogen-bond acceptors (Lipinski definition) is 1. The molecule has 3 aliphatic carbocycles. The molecule has 2 heteroatoms. The number of nitrogens with zero attached hydrogens (tertiary/aromatic N) is 2. The van der Waals surface area contributed by atoms with E-state index in [0.29, 0.717) is 12.1 Å². The van der Waals surface area contributed by atoms with Gasteiger partial charge in [-0.05, 0) is 62.1 Å². The summed E-state index contributed by atoms with van der Waals surface area (Å²) in [5, 5.41) is 0. The maximum absolute atomic E-state index is 5.23. The van der Waals surface area contributed by atoms with Gasteiger partial charge in [-0.15, -0.1) is 0 Å². The minimum atomic E-state index is 0.586. The van der Waals surface area contributed by atoms with Gasteiger partial charge in [-0.3, -0.25) is 4.99 Å². The minimum absolute atomic E-state index is 0.586. The lowest BCUT2D eigenvalue weighted by atomic mass is 9.94. The molecule has 0 unspecified atom stereocenters. The fraction of sp³-hybridized carbons (Fsp3) is 0.750. The Balaban J connectivity index is 1.72. The van der Waals surface area contributed by atoms with Crippen molar-refractivity contribution >= 4 is 0 Å². The lowest BCUT2D eigenvalue weighted by Gasteiger charge is -2.26. The zero-order chi connectivity index (χ0) is 14.8. The van der Waals surface area contributed by atoms with E-state index >= 15 is 0 Å². The first-order valence-corrected chi connectivity index (χ1v) is 9.68. The van der Waals surface area contributed by atoms with Gasteiger partial charge in [0.2, 0.25) is 0 Å². The van der Waals surface area contributed by atoms with E-state index in [2.05, 4.69) is 16.8 Å². The number of pyridine rings is 1. The summed E-state index contributed by atoms with van der Waals surface area (Å²) in [6, 6.07) is 3.75. The van der Waals surface area contributed by atoms with Crippen LogP contribution in [0.1, 0.15) is 87.8 Å². The van der Waals surface area contributed by atoms with Crippen molar-refractivity contribution in [1.82, 2.24) is 4.57 Å². The van der Waals surface area contributed by atoms with Gasteiger partial charge in [0, 0.05) is 12.2 Å². The lowest BCUT2D eigenvalue weighted by molar-refractivity contribution is 0.339. The van der Waals surface area contributed by atoms with Crippen molar-refractivity contribution in [3.63, 3.8) is 0 Å². The van der Waals surface area contributed by atoms with Crippen LogP contribution < -0.4 is 5.49 Å². The molecule has 0 spiro atoms. The van der Waals surface area contributed by atoms with Crippen molar-refractivity contribution in [1.29, 1.82) is 0 Å². The SMILES string of the molecule is c1c2c(cn(C3CCCCC3)c1=NC1CCCCC1)CCC2. The topological polar surface area (TPSA) is 17.3 Å². The Hall–Kier alpha value is -1.05. The number of rotatable bonds is 2. The smallest absolute Gasteiger partial charge is 0.128 e. The van der Waals surface area contributed by atoms with Gasteiger partial charge >= 0.3 is 0 Å². The van der Waals surface area contributed by atoms with Crippen LogP contribution in [-0.2, 0) is 12.8 Å². The molecule has 120 valence electrons. The Bertz CT molecular complexity index is 572. The molecule has 0 radical (unpaired) electrons. The molecule has 0 atom stereocenters. The zero-order valence-corrected chi connectivity index (χ0v) is 13.9. The average Bonchev–Trinajstić information content (AvgIpc) is 3.03. The van der Waals surface area contributed by atoms with Crippen LogP contribution in [0.2, 0.25) is 0 Å². The van der Waals surface area contributed by atoms with Gasteiger partial charge in [-0.1, -0.05) is 38.5 Å². The molecule has 4 rings (SSSR count). The molecule has 2 fully saturated rings. The van der Waals surface area contributed by atoms with Crippen molar-refractivity contribution in [2.75, 3.05) is 0 Å². The van der Waals surface area contributed by atoms with E-state index in [0.717, 1.165) is 0 Å². The number of hydrogen-bond donors (Lipinski definition) is 0. The summed E-state index contributed by atoms with van der Waals surface area (Å²) in [6.45, 7) is 0. The van der Waals surface area contributed by atoms with Crippen LogP contribution in [0, 0.1) is 0 Å². The molecule has 0 bridgehead atoms. The fourth-order valence-electron chi connectivity index (χ4n) is 4.72. The normalized spacial score (nSPS) is 24.6. The molecule has 1 aromatic heterocycles. The summed E-state index contributed by atoms with van der Waals surface area (Å²) < 4.78 is 2.58. The second-order valence-corrected chi connectivity index (χ2v) is 7.66. The third-order valence-electron chi connectivity index (χ3n) is 6.03. The van der Waals surface area contributed by atoms with Crippen molar-refractivity contribution in [2.45, 2.75) is 95.6 Å². The number of fused-ring (bicyclic) bond motifs is 1. The summed E-state index contributed by atoms with van der Waals surface area (Å²) in [5.41, 5.74) is 4.49. The maximum Gasteiger partial charge on any atom is 0.128 e. The Morgan fingerprint density at radius 1 is 0.773 bits per heavy atom. The molecule has 3 aliphatic rings. The molecule has 0 aromatic carbocycles. The zero-order valence-electron chi connectivity index (χ0n) is 13.9. The predicted octanol–water partition coefficient (Wildman–Crippen LogP) is 4.72. The molecule has 22 heavy (non-hydrogen) atoms. The molecule has 2 saturated carbocycles. The monoisotopic (exact) mass is 298 g/mol. The van der Waals surface area contributed by atoms with E-state index in [1.54, 1.807) is 11.1 Å². The molecule has 1 heterocycles. The summed E-state index contributed by atoms with van der Waals surface area (Å²) in [5.74, 6) is 0. The van der Waals surface area contributed by atoms with E-state index < -0.39 is 0 Å². The highest BCUT2D eigenvalue weighted by Gasteiger charge is 2.20. The predicted molar refractivity (Wildman–Crippen MR) is 91.0 cm³/mol. The molecule has 0 saturated heterocycles. The van der Waals surface area contributed by atoms with Crippen molar-refractivity contribution < 1.29 is 0 Å². The van der Waals surface area contributed by atoms with Crippen LogP contribution in [-0.4, -0.2) is 10.6 Å². The molecule has 0 N–H and O–H groups in total. The van der Waals surface area contributed by atoms with Crippen molar-refractivity contribution in [3.8, 4) is 0 Å². The van der Waals surface area contributed by atoms with Gasteiger partial charge < -0.3 is 4.57 Å². The van der Waals surface area contributed by atoms with Crippen LogP contribution >= 0.6 is 0 Å². The van der Waals surface area contributed by atoms with E-state index in [1.807, 2.05) is 0 Å². The van der Waals surface area contributed by atoms with E-state index in [4.69, 9.17) is 4.99 Å². The Morgan fingerprint density at radius 2 is 1.45 bits per heavy atom. The number of aryl methyl sites for hydroxylation is 2. The first kappa shape index (κ1) is 14.5. The average molecular weight is 298 g/mol. The third-order valence-corrected chi connectivity index (χ3v) is 6.03. The third kappa shape index (κ3) is 3.02. The molecular weight excluding hydrogens is 268 g/mol. The van der Waals surface area contributed by atoms with Crippen molar-refractivity contribution in [3.05, 3.63) is 28.9 Å². The molecule has 0 amide bonds. The summed E-state index contributed by atoms with van der Waals surface area (Å²) in [6.07, 6.45) is 20.1. The highest BCUT2D eigenvalue weighted by Crippen LogP contribution is 2.29. The van der Waals surface area contributed by atoms with Crippen LogP contribution in [0.25, 0.3) is 0 Å². The standard InChI is InChI=1S/C20H30N2/c1-3-10-18(11-4-1)21-20-14-16-8-7-9-17(16)15-22(20)19-12-5-2-6-13-19/h14-15,18-19H,1-13H2. The molecule has 1 aromatic rings. The van der Waals surface area contributed by atoms with Gasteiger partial charge in [0.1, 0.15) is 5.49 Å². The Morgan fingerprint density at radius 3 is 2.23 bits per heavy atom. The van der Waals surface area contributed by atoms with E-state index in [1.165, 1.54) is 89.0 Å². The van der Waals surface area contributed by atoms with Crippen molar-refractivity contribution in [2.24, 2.45) is 4.99 Å². The van der Waals surface area contributed by atoms with Gasteiger partial charge in [0.15, 0.2) is 0 Å². The first-order valence-electron chi connectivity index (χ1n) is 9.68. The van der Waals surface area contributed by atoms with Gasteiger partial charge in [0.25, 0.3) is 0 Å². The van der Waals surface area contributed by atoms with Crippen LogP contribution in [0.3, 0.4) is 0 Å².